The lowest BCUT2D eigenvalue weighted by Crippen LogP contribution is -2.51. The quantitative estimate of drug-likeness (QED) is 0.486. The molecule has 3 aromatic rings. The highest BCUT2D eigenvalue weighted by atomic mass is 16.5. The number of anilines is 1. The van der Waals surface area contributed by atoms with Gasteiger partial charge in [-0.05, 0) is 29.3 Å². The van der Waals surface area contributed by atoms with Crippen LogP contribution in [-0.4, -0.2) is 41.7 Å². The zero-order valence-electron chi connectivity index (χ0n) is 17.8. The van der Waals surface area contributed by atoms with Crippen molar-refractivity contribution in [3.8, 4) is 0 Å². The largest absolute Gasteiger partial charge is 0.467 e. The molecule has 0 aromatic heterocycles. The van der Waals surface area contributed by atoms with Gasteiger partial charge in [-0.15, -0.1) is 0 Å². The maximum absolute atomic E-state index is 13.5. The van der Waals surface area contributed by atoms with Gasteiger partial charge < -0.3 is 10.1 Å². The number of nitrogens with one attached hydrogen (secondary N) is 1. The Balaban J connectivity index is 1.67. The molecule has 5 rings (SSSR count). The van der Waals surface area contributed by atoms with Crippen LogP contribution in [0.4, 0.5) is 5.69 Å². The summed E-state index contributed by atoms with van der Waals surface area (Å²) in [6.45, 7) is 0. The molecule has 33 heavy (non-hydrogen) atoms. The highest BCUT2D eigenvalue weighted by Crippen LogP contribution is 2.47. The standard InChI is InChI=1S/C26H20N2O5/c1-33-24(31)21(28-22(29)17-11-5-6-12-18(17)23(28)30)15-26(16-9-3-2-4-10-16)19-13-7-8-14-20(19)27-25(26)32/h2-14,21H,15H2,1H3,(H,27,32)/t21-,26-/m0/s1. The predicted molar refractivity (Wildman–Crippen MR) is 120 cm³/mol. The first-order valence-corrected chi connectivity index (χ1v) is 10.5. The Hall–Kier alpha value is -4.26. The first kappa shape index (κ1) is 20.6. The molecule has 7 nitrogen and oxygen atoms in total. The third-order valence-corrected chi connectivity index (χ3v) is 6.40. The van der Waals surface area contributed by atoms with Crippen molar-refractivity contribution in [3.05, 3.63) is 101 Å². The van der Waals surface area contributed by atoms with Crippen LogP contribution >= 0.6 is 0 Å². The van der Waals surface area contributed by atoms with Gasteiger partial charge >= 0.3 is 5.97 Å². The van der Waals surface area contributed by atoms with Gasteiger partial charge in [0, 0.05) is 12.1 Å². The zero-order valence-corrected chi connectivity index (χ0v) is 17.8. The molecule has 0 radical (unpaired) electrons. The van der Waals surface area contributed by atoms with E-state index < -0.39 is 29.2 Å². The highest BCUT2D eigenvalue weighted by molar-refractivity contribution is 6.23. The third-order valence-electron chi connectivity index (χ3n) is 6.40. The fourth-order valence-electron chi connectivity index (χ4n) is 4.84. The van der Waals surface area contributed by atoms with Gasteiger partial charge in [-0.3, -0.25) is 19.3 Å². The second-order valence-corrected chi connectivity index (χ2v) is 8.04. The average molecular weight is 440 g/mol. The van der Waals surface area contributed by atoms with Gasteiger partial charge in [-0.1, -0.05) is 60.7 Å². The van der Waals surface area contributed by atoms with Gasteiger partial charge in [-0.25, -0.2) is 4.79 Å². The van der Waals surface area contributed by atoms with Crippen LogP contribution < -0.4 is 5.32 Å². The molecule has 0 saturated carbocycles. The first-order chi connectivity index (χ1) is 16.0. The van der Waals surface area contributed by atoms with E-state index in [2.05, 4.69) is 5.32 Å². The van der Waals surface area contributed by atoms with Crippen molar-refractivity contribution in [2.45, 2.75) is 17.9 Å². The van der Waals surface area contributed by atoms with Crippen molar-refractivity contribution < 1.29 is 23.9 Å². The van der Waals surface area contributed by atoms with Gasteiger partial charge in [0.25, 0.3) is 11.8 Å². The van der Waals surface area contributed by atoms with Crippen LogP contribution in [0.1, 0.15) is 38.3 Å². The summed E-state index contributed by atoms with van der Waals surface area (Å²) in [5.74, 6) is -2.26. The summed E-state index contributed by atoms with van der Waals surface area (Å²) in [4.78, 5) is 53.9. The van der Waals surface area contributed by atoms with E-state index in [-0.39, 0.29) is 23.5 Å². The number of hydrogen-bond acceptors (Lipinski definition) is 5. The van der Waals surface area contributed by atoms with E-state index in [9.17, 15) is 19.2 Å². The van der Waals surface area contributed by atoms with Crippen molar-refractivity contribution in [2.24, 2.45) is 0 Å². The van der Waals surface area contributed by atoms with Gasteiger partial charge in [0.15, 0.2) is 0 Å². The minimum Gasteiger partial charge on any atom is -0.467 e. The molecule has 7 heteroatoms. The number of benzene rings is 3. The van der Waals surface area contributed by atoms with Crippen LogP contribution in [0.2, 0.25) is 0 Å². The normalized spacial score (nSPS) is 19.7. The number of ether oxygens (including phenoxy) is 1. The minimum absolute atomic E-state index is 0.155. The van der Waals surface area contributed by atoms with E-state index in [0.29, 0.717) is 16.8 Å². The summed E-state index contributed by atoms with van der Waals surface area (Å²) in [6, 6.07) is 21.4. The summed E-state index contributed by atoms with van der Waals surface area (Å²) in [5, 5.41) is 2.90. The molecular weight excluding hydrogens is 420 g/mol. The number of carbonyl (C=O) groups is 4. The summed E-state index contributed by atoms with van der Waals surface area (Å²) in [5.41, 5.74) is 1.09. The number of fused-ring (bicyclic) bond motifs is 2. The topological polar surface area (TPSA) is 92.8 Å². The SMILES string of the molecule is COC(=O)[C@H](C[C@@]1(c2ccccc2)C(=O)Nc2ccccc21)N1C(=O)c2ccccc2C1=O. The van der Waals surface area contributed by atoms with Gasteiger partial charge in [0.1, 0.15) is 11.5 Å². The Morgan fingerprint density at radius 2 is 1.45 bits per heavy atom. The van der Waals surface area contributed by atoms with E-state index in [1.54, 1.807) is 54.6 Å². The molecule has 1 N–H and O–H groups in total. The number of imide groups is 1. The Labute approximate surface area is 190 Å². The van der Waals surface area contributed by atoms with Crippen LogP contribution in [0, 0.1) is 0 Å². The molecule has 164 valence electrons. The second-order valence-electron chi connectivity index (χ2n) is 8.04. The third kappa shape index (κ3) is 2.96. The number of carbonyl (C=O) groups excluding carboxylic acids is 4. The van der Waals surface area contributed by atoms with Crippen LogP contribution in [-0.2, 0) is 19.7 Å². The summed E-state index contributed by atoms with van der Waals surface area (Å²) in [6.07, 6.45) is -0.155. The van der Waals surface area contributed by atoms with Gasteiger partial charge in [0.2, 0.25) is 5.91 Å². The van der Waals surface area contributed by atoms with E-state index in [4.69, 9.17) is 4.74 Å². The number of esters is 1. The molecule has 0 saturated heterocycles. The number of hydrogen-bond donors (Lipinski definition) is 1. The summed E-state index contributed by atoms with van der Waals surface area (Å²) >= 11 is 0. The van der Waals surface area contributed by atoms with E-state index in [0.717, 1.165) is 4.90 Å². The van der Waals surface area contributed by atoms with Crippen LogP contribution in [0.5, 0.6) is 0 Å². The lowest BCUT2D eigenvalue weighted by molar-refractivity contribution is -0.146. The van der Waals surface area contributed by atoms with Crippen LogP contribution in [0.25, 0.3) is 0 Å². The molecule has 0 bridgehead atoms. The average Bonchev–Trinajstić information content (AvgIpc) is 3.28. The molecule has 0 fully saturated rings. The summed E-state index contributed by atoms with van der Waals surface area (Å²) in [7, 11) is 1.20. The smallest absolute Gasteiger partial charge is 0.329 e. The molecule has 2 atom stereocenters. The van der Waals surface area contributed by atoms with Gasteiger partial charge in [-0.2, -0.15) is 0 Å². The lowest BCUT2D eigenvalue weighted by Gasteiger charge is -2.34. The van der Waals surface area contributed by atoms with E-state index in [1.807, 2.05) is 24.3 Å². The maximum atomic E-state index is 13.5. The predicted octanol–water partition coefficient (Wildman–Crippen LogP) is 3.15. The highest BCUT2D eigenvalue weighted by Gasteiger charge is 2.54. The Morgan fingerprint density at radius 1 is 0.879 bits per heavy atom. The minimum atomic E-state index is -1.31. The van der Waals surface area contributed by atoms with Gasteiger partial charge in [0.05, 0.1) is 18.2 Å². The number of para-hydroxylation sites is 1. The molecule has 3 amide bonds. The van der Waals surface area contributed by atoms with E-state index >= 15 is 0 Å². The van der Waals surface area contributed by atoms with Crippen molar-refractivity contribution in [1.82, 2.24) is 4.90 Å². The number of methoxy groups -OCH3 is 1. The number of rotatable bonds is 5. The van der Waals surface area contributed by atoms with Crippen LogP contribution in [0.3, 0.4) is 0 Å². The maximum Gasteiger partial charge on any atom is 0.329 e. The molecule has 0 aliphatic carbocycles. The van der Waals surface area contributed by atoms with E-state index in [1.165, 1.54) is 7.11 Å². The molecule has 0 unspecified atom stereocenters. The first-order valence-electron chi connectivity index (χ1n) is 10.5. The second kappa shape index (κ2) is 7.70. The number of nitrogens with zero attached hydrogens (tertiary/aromatic N) is 1. The molecule has 2 heterocycles. The molecule has 0 spiro atoms. The number of amides is 3. The van der Waals surface area contributed by atoms with Crippen molar-refractivity contribution >= 4 is 29.4 Å². The zero-order chi connectivity index (χ0) is 23.2. The Morgan fingerprint density at radius 3 is 2.09 bits per heavy atom. The van der Waals surface area contributed by atoms with Crippen molar-refractivity contribution in [2.75, 3.05) is 12.4 Å². The summed E-state index contributed by atoms with van der Waals surface area (Å²) < 4.78 is 5.02. The fourth-order valence-corrected chi connectivity index (χ4v) is 4.84. The molecular formula is C26H20N2O5. The Kier molecular flexibility index (Phi) is 4.82. The Bertz CT molecular complexity index is 1270. The van der Waals surface area contributed by atoms with Crippen molar-refractivity contribution in [1.29, 1.82) is 0 Å². The lowest BCUT2D eigenvalue weighted by atomic mass is 9.71. The fraction of sp³-hybridized carbons (Fsp3) is 0.154. The monoisotopic (exact) mass is 440 g/mol. The molecule has 3 aromatic carbocycles. The molecule has 2 aliphatic rings. The van der Waals surface area contributed by atoms with Crippen molar-refractivity contribution in [3.63, 3.8) is 0 Å². The van der Waals surface area contributed by atoms with Crippen LogP contribution in [0.15, 0.2) is 78.9 Å². The molecule has 2 aliphatic heterocycles.